The molecular formula is C13H15BrFNO2. The summed E-state index contributed by atoms with van der Waals surface area (Å²) in [6.07, 6.45) is 0.687. The SMILES string of the molecule is O=C(O)C1(F)CCCN(c2ccc(Br)cc2)CC1. The van der Waals surface area contributed by atoms with Gasteiger partial charge in [-0.15, -0.1) is 0 Å². The molecular weight excluding hydrogens is 301 g/mol. The molecule has 1 fully saturated rings. The molecule has 98 valence electrons. The van der Waals surface area contributed by atoms with E-state index in [0.29, 0.717) is 19.5 Å². The second-order valence-corrected chi connectivity index (χ2v) is 5.50. The van der Waals surface area contributed by atoms with Crippen molar-refractivity contribution in [2.24, 2.45) is 0 Å². The Bertz CT molecular complexity index is 437. The Morgan fingerprint density at radius 3 is 2.56 bits per heavy atom. The van der Waals surface area contributed by atoms with Crippen LogP contribution in [0.1, 0.15) is 19.3 Å². The van der Waals surface area contributed by atoms with Crippen molar-refractivity contribution in [2.75, 3.05) is 18.0 Å². The Balaban J connectivity index is 2.09. The molecule has 0 saturated carbocycles. The van der Waals surface area contributed by atoms with E-state index in [-0.39, 0.29) is 12.8 Å². The first-order valence-electron chi connectivity index (χ1n) is 5.94. The molecule has 0 aliphatic carbocycles. The van der Waals surface area contributed by atoms with Crippen molar-refractivity contribution in [1.29, 1.82) is 0 Å². The number of carbonyl (C=O) groups is 1. The van der Waals surface area contributed by atoms with Crippen LogP contribution in [0.25, 0.3) is 0 Å². The predicted octanol–water partition coefficient (Wildman–Crippen LogP) is 3.23. The molecule has 1 unspecified atom stereocenters. The minimum atomic E-state index is -2.07. The molecule has 1 aromatic rings. The number of alkyl halides is 1. The molecule has 2 rings (SSSR count). The Morgan fingerprint density at radius 1 is 1.28 bits per heavy atom. The van der Waals surface area contributed by atoms with Gasteiger partial charge in [0.05, 0.1) is 0 Å². The van der Waals surface area contributed by atoms with Gasteiger partial charge in [-0.05, 0) is 37.1 Å². The Hall–Kier alpha value is -1.10. The molecule has 1 atom stereocenters. The van der Waals surface area contributed by atoms with Crippen LogP contribution in [0.4, 0.5) is 10.1 Å². The van der Waals surface area contributed by atoms with E-state index in [9.17, 15) is 9.18 Å². The molecule has 0 radical (unpaired) electrons. The van der Waals surface area contributed by atoms with Crippen LogP contribution in [0, 0.1) is 0 Å². The molecule has 0 amide bonds. The zero-order chi connectivity index (χ0) is 13.2. The van der Waals surface area contributed by atoms with Gasteiger partial charge in [0, 0.05) is 29.7 Å². The smallest absolute Gasteiger partial charge is 0.341 e. The highest BCUT2D eigenvalue weighted by Crippen LogP contribution is 2.29. The number of carboxylic acids is 1. The minimum absolute atomic E-state index is 0.0401. The first-order chi connectivity index (χ1) is 8.51. The molecule has 5 heteroatoms. The maximum Gasteiger partial charge on any atom is 0.341 e. The van der Waals surface area contributed by atoms with Crippen LogP contribution in [-0.2, 0) is 4.79 Å². The van der Waals surface area contributed by atoms with Crippen LogP contribution in [0.2, 0.25) is 0 Å². The summed E-state index contributed by atoms with van der Waals surface area (Å²) in [4.78, 5) is 13.0. The van der Waals surface area contributed by atoms with Crippen molar-refractivity contribution in [2.45, 2.75) is 24.9 Å². The summed E-state index contributed by atoms with van der Waals surface area (Å²) in [5.41, 5.74) is -1.06. The third-order valence-electron chi connectivity index (χ3n) is 3.35. The van der Waals surface area contributed by atoms with E-state index in [1.165, 1.54) is 0 Å². The lowest BCUT2D eigenvalue weighted by Crippen LogP contribution is -2.35. The maximum atomic E-state index is 14.1. The Morgan fingerprint density at radius 2 is 1.94 bits per heavy atom. The van der Waals surface area contributed by atoms with Crippen molar-refractivity contribution < 1.29 is 14.3 Å². The minimum Gasteiger partial charge on any atom is -0.479 e. The second kappa shape index (κ2) is 5.26. The average molecular weight is 316 g/mol. The molecule has 1 aliphatic rings. The molecule has 0 aromatic heterocycles. The Kier molecular flexibility index (Phi) is 3.90. The quantitative estimate of drug-likeness (QED) is 0.911. The predicted molar refractivity (Wildman–Crippen MR) is 71.7 cm³/mol. The average Bonchev–Trinajstić information content (AvgIpc) is 2.54. The van der Waals surface area contributed by atoms with Gasteiger partial charge in [-0.1, -0.05) is 15.9 Å². The van der Waals surface area contributed by atoms with E-state index in [4.69, 9.17) is 5.11 Å². The lowest BCUT2D eigenvalue weighted by Gasteiger charge is -2.23. The molecule has 1 aliphatic heterocycles. The first kappa shape index (κ1) is 13.3. The lowest BCUT2D eigenvalue weighted by atomic mass is 9.97. The topological polar surface area (TPSA) is 40.5 Å². The van der Waals surface area contributed by atoms with Gasteiger partial charge in [-0.25, -0.2) is 9.18 Å². The van der Waals surface area contributed by atoms with Gasteiger partial charge in [0.25, 0.3) is 0 Å². The van der Waals surface area contributed by atoms with Gasteiger partial charge < -0.3 is 10.0 Å². The van der Waals surface area contributed by atoms with E-state index in [0.717, 1.165) is 10.2 Å². The van der Waals surface area contributed by atoms with Gasteiger partial charge in [-0.3, -0.25) is 0 Å². The summed E-state index contributed by atoms with van der Waals surface area (Å²) >= 11 is 3.37. The van der Waals surface area contributed by atoms with Crippen LogP contribution in [-0.4, -0.2) is 29.8 Å². The van der Waals surface area contributed by atoms with Gasteiger partial charge in [0.15, 0.2) is 0 Å². The molecule has 1 saturated heterocycles. The molecule has 0 bridgehead atoms. The van der Waals surface area contributed by atoms with Crippen molar-refractivity contribution in [1.82, 2.24) is 0 Å². The normalized spacial score (nSPS) is 24.7. The highest BCUT2D eigenvalue weighted by atomic mass is 79.9. The van der Waals surface area contributed by atoms with E-state index in [2.05, 4.69) is 15.9 Å². The zero-order valence-electron chi connectivity index (χ0n) is 9.90. The number of nitrogens with zero attached hydrogens (tertiary/aromatic N) is 1. The number of hydrogen-bond acceptors (Lipinski definition) is 2. The fourth-order valence-corrected chi connectivity index (χ4v) is 2.49. The van der Waals surface area contributed by atoms with Gasteiger partial charge in [0.2, 0.25) is 5.67 Å². The van der Waals surface area contributed by atoms with Crippen LogP contribution >= 0.6 is 15.9 Å². The van der Waals surface area contributed by atoms with E-state index in [1.807, 2.05) is 29.2 Å². The number of benzene rings is 1. The van der Waals surface area contributed by atoms with Crippen molar-refractivity contribution in [3.8, 4) is 0 Å². The standard InChI is InChI=1S/C13H15BrFNO2/c14-10-2-4-11(5-3-10)16-8-1-6-13(15,7-9-16)12(17)18/h2-5H,1,6-9H2,(H,17,18). The number of anilines is 1. The van der Waals surface area contributed by atoms with Crippen molar-refractivity contribution in [3.63, 3.8) is 0 Å². The summed E-state index contributed by atoms with van der Waals surface area (Å²) in [6, 6.07) is 7.77. The summed E-state index contributed by atoms with van der Waals surface area (Å²) in [7, 11) is 0. The highest BCUT2D eigenvalue weighted by Gasteiger charge is 2.39. The molecule has 18 heavy (non-hydrogen) atoms. The van der Waals surface area contributed by atoms with E-state index in [1.54, 1.807) is 0 Å². The van der Waals surface area contributed by atoms with Crippen LogP contribution < -0.4 is 4.90 Å². The molecule has 1 N–H and O–H groups in total. The number of rotatable bonds is 2. The summed E-state index contributed by atoms with van der Waals surface area (Å²) in [5.74, 6) is -1.33. The zero-order valence-corrected chi connectivity index (χ0v) is 11.5. The van der Waals surface area contributed by atoms with Crippen LogP contribution in [0.15, 0.2) is 28.7 Å². The van der Waals surface area contributed by atoms with E-state index >= 15 is 0 Å². The Labute approximate surface area is 114 Å². The molecule has 0 spiro atoms. The number of hydrogen-bond donors (Lipinski definition) is 1. The third-order valence-corrected chi connectivity index (χ3v) is 3.88. The fraction of sp³-hybridized carbons (Fsp3) is 0.462. The van der Waals surface area contributed by atoms with Crippen LogP contribution in [0.5, 0.6) is 0 Å². The summed E-state index contributed by atoms with van der Waals surface area (Å²) in [6.45, 7) is 1.13. The van der Waals surface area contributed by atoms with Crippen LogP contribution in [0.3, 0.4) is 0 Å². The van der Waals surface area contributed by atoms with E-state index < -0.39 is 11.6 Å². The largest absolute Gasteiger partial charge is 0.479 e. The maximum absolute atomic E-state index is 14.1. The summed E-state index contributed by atoms with van der Waals surface area (Å²) < 4.78 is 15.1. The monoisotopic (exact) mass is 315 g/mol. The third kappa shape index (κ3) is 2.83. The second-order valence-electron chi connectivity index (χ2n) is 4.59. The van der Waals surface area contributed by atoms with Gasteiger partial charge in [0.1, 0.15) is 0 Å². The number of halogens is 2. The molecule has 3 nitrogen and oxygen atoms in total. The lowest BCUT2D eigenvalue weighted by molar-refractivity contribution is -0.151. The summed E-state index contributed by atoms with van der Waals surface area (Å²) in [5, 5.41) is 8.92. The molecule has 1 heterocycles. The van der Waals surface area contributed by atoms with Gasteiger partial charge >= 0.3 is 5.97 Å². The number of aliphatic carboxylic acids is 1. The van der Waals surface area contributed by atoms with Crippen molar-refractivity contribution in [3.05, 3.63) is 28.7 Å². The van der Waals surface area contributed by atoms with Gasteiger partial charge in [-0.2, -0.15) is 0 Å². The van der Waals surface area contributed by atoms with Crippen molar-refractivity contribution >= 4 is 27.6 Å². The molecule has 1 aromatic carbocycles. The first-order valence-corrected chi connectivity index (χ1v) is 6.73. The number of carboxylic acid groups (broad SMARTS) is 1. The fourth-order valence-electron chi connectivity index (χ4n) is 2.22. The highest BCUT2D eigenvalue weighted by molar-refractivity contribution is 9.10.